The Morgan fingerprint density at radius 1 is 1.38 bits per heavy atom. The van der Waals surface area contributed by atoms with Gasteiger partial charge in [-0.25, -0.2) is 0 Å². The first kappa shape index (κ1) is 19.2. The molecule has 7 heteroatoms. The molecule has 1 radical (unpaired) electrons. The minimum Gasteiger partial charge on any atom is -0.465 e. The predicted molar refractivity (Wildman–Crippen MR) is 93.1 cm³/mol. The molecule has 3 heterocycles. The second-order valence-electron chi connectivity index (χ2n) is 6.47. The summed E-state index contributed by atoms with van der Waals surface area (Å²) in [5.74, 6) is -0.144. The Kier molecular flexibility index (Phi) is 6.25. The van der Waals surface area contributed by atoms with E-state index in [1.807, 2.05) is 23.7 Å². The van der Waals surface area contributed by atoms with Gasteiger partial charge in [0.15, 0.2) is 0 Å². The second kappa shape index (κ2) is 8.44. The van der Waals surface area contributed by atoms with Crippen LogP contribution in [-0.4, -0.2) is 32.1 Å². The Morgan fingerprint density at radius 2 is 2.23 bits per heavy atom. The zero-order valence-electron chi connectivity index (χ0n) is 14.9. The topological polar surface area (TPSA) is 61.9 Å². The molecule has 0 saturated carbocycles. The summed E-state index contributed by atoms with van der Waals surface area (Å²) in [7, 11) is 0. The third-order valence-corrected chi connectivity index (χ3v) is 4.86. The number of ether oxygens (including phenoxy) is 1. The average molecular weight is 426 g/mol. The molecule has 0 spiro atoms. The number of carbonyl (C=O) groups is 1. The largest absolute Gasteiger partial charge is 0.465 e. The van der Waals surface area contributed by atoms with E-state index in [1.54, 1.807) is 6.20 Å². The number of carbonyl (C=O) groups excluding carboxylic acids is 1. The van der Waals surface area contributed by atoms with Crippen LogP contribution >= 0.6 is 0 Å². The van der Waals surface area contributed by atoms with Crippen LogP contribution < -0.4 is 0 Å². The molecule has 1 aromatic carbocycles. The van der Waals surface area contributed by atoms with Crippen LogP contribution in [0.25, 0.3) is 10.9 Å². The van der Waals surface area contributed by atoms with Gasteiger partial charge in [-0.15, -0.1) is 11.4 Å². The Balaban J connectivity index is 0.00000196. The van der Waals surface area contributed by atoms with E-state index in [-0.39, 0.29) is 44.7 Å². The van der Waals surface area contributed by atoms with E-state index in [4.69, 9.17) is 4.74 Å². The normalized spacial score (nSPS) is 16.1. The first-order valence-corrected chi connectivity index (χ1v) is 8.80. The van der Waals surface area contributed by atoms with Gasteiger partial charge in [-0.2, -0.15) is 0 Å². The SMILES string of the molecule is CCCOC(=O)Cc1c2n(c3ccccc13)CC(n1c[c-]nn1)CC2.[Y]. The number of hydrogen-bond donors (Lipinski definition) is 0. The van der Waals surface area contributed by atoms with E-state index in [2.05, 4.69) is 33.2 Å². The van der Waals surface area contributed by atoms with Crippen LogP contribution in [0.4, 0.5) is 0 Å². The van der Waals surface area contributed by atoms with Crippen molar-refractivity contribution in [3.63, 3.8) is 0 Å². The van der Waals surface area contributed by atoms with Gasteiger partial charge < -0.3 is 20.6 Å². The van der Waals surface area contributed by atoms with Crippen LogP contribution in [0.15, 0.2) is 30.5 Å². The van der Waals surface area contributed by atoms with Crippen LogP contribution in [0.2, 0.25) is 0 Å². The molecule has 0 aliphatic carbocycles. The van der Waals surface area contributed by atoms with E-state index in [0.717, 1.165) is 36.8 Å². The monoisotopic (exact) mass is 426 g/mol. The van der Waals surface area contributed by atoms with Crippen molar-refractivity contribution in [3.05, 3.63) is 47.9 Å². The molecule has 1 aliphatic rings. The molecule has 4 rings (SSSR count). The van der Waals surface area contributed by atoms with Gasteiger partial charge in [-0.05, 0) is 30.9 Å². The van der Waals surface area contributed by atoms with Crippen molar-refractivity contribution >= 4 is 16.9 Å². The molecule has 0 bridgehead atoms. The summed E-state index contributed by atoms with van der Waals surface area (Å²) < 4.78 is 9.52. The molecule has 133 valence electrons. The van der Waals surface area contributed by atoms with Gasteiger partial charge in [-0.1, -0.05) is 25.1 Å². The van der Waals surface area contributed by atoms with Gasteiger partial charge in [0.1, 0.15) is 0 Å². The van der Waals surface area contributed by atoms with Crippen LogP contribution in [0.5, 0.6) is 0 Å². The Labute approximate surface area is 177 Å². The Hall–Kier alpha value is -1.53. The number of hydrogen-bond acceptors (Lipinski definition) is 4. The first-order chi connectivity index (χ1) is 12.3. The quantitative estimate of drug-likeness (QED) is 0.465. The number of fused-ring (bicyclic) bond motifs is 3. The van der Waals surface area contributed by atoms with Crippen LogP contribution in [0.1, 0.15) is 37.1 Å². The summed E-state index contributed by atoms with van der Waals surface area (Å²) in [5, 5.41) is 9.06. The van der Waals surface area contributed by atoms with Crippen molar-refractivity contribution in [3.8, 4) is 0 Å². The number of para-hydroxylation sites is 1. The minimum atomic E-state index is -0.144. The molecule has 1 atom stereocenters. The van der Waals surface area contributed by atoms with Crippen LogP contribution in [0, 0.1) is 6.20 Å². The molecular weight excluding hydrogens is 405 g/mol. The molecule has 0 amide bonds. The van der Waals surface area contributed by atoms with E-state index >= 15 is 0 Å². The van der Waals surface area contributed by atoms with E-state index in [0.29, 0.717) is 13.0 Å². The molecule has 1 aliphatic heterocycles. The first-order valence-electron chi connectivity index (χ1n) is 8.80. The molecule has 26 heavy (non-hydrogen) atoms. The van der Waals surface area contributed by atoms with Gasteiger partial charge in [0, 0.05) is 55.9 Å². The van der Waals surface area contributed by atoms with Crippen molar-refractivity contribution < 1.29 is 42.2 Å². The van der Waals surface area contributed by atoms with E-state index < -0.39 is 0 Å². The third-order valence-electron chi connectivity index (χ3n) is 4.86. The molecule has 0 N–H and O–H groups in total. The maximum absolute atomic E-state index is 12.2. The number of rotatable bonds is 5. The van der Waals surface area contributed by atoms with E-state index in [1.165, 1.54) is 11.2 Å². The predicted octanol–water partition coefficient (Wildman–Crippen LogP) is 2.71. The number of benzene rings is 1. The zero-order valence-corrected chi connectivity index (χ0v) is 17.7. The van der Waals surface area contributed by atoms with Crippen LogP contribution in [-0.2, 0) is 61.6 Å². The van der Waals surface area contributed by atoms with Crippen molar-refractivity contribution in [2.24, 2.45) is 0 Å². The van der Waals surface area contributed by atoms with Gasteiger partial charge in [0.05, 0.1) is 19.1 Å². The van der Waals surface area contributed by atoms with Gasteiger partial charge in [0.25, 0.3) is 0 Å². The number of nitrogens with zero attached hydrogens (tertiary/aromatic N) is 4. The summed E-state index contributed by atoms with van der Waals surface area (Å²) >= 11 is 0. The second-order valence-corrected chi connectivity index (χ2v) is 6.47. The van der Waals surface area contributed by atoms with Gasteiger partial charge in [-0.3, -0.25) is 9.48 Å². The fourth-order valence-electron chi connectivity index (χ4n) is 3.72. The molecule has 0 saturated heterocycles. The smallest absolute Gasteiger partial charge is 0.310 e. The van der Waals surface area contributed by atoms with Crippen molar-refractivity contribution in [1.82, 2.24) is 19.6 Å². The Morgan fingerprint density at radius 3 is 3.00 bits per heavy atom. The maximum atomic E-state index is 12.2. The summed E-state index contributed by atoms with van der Waals surface area (Å²) in [6.45, 7) is 3.32. The molecule has 1 unspecified atom stereocenters. The number of aromatic nitrogens is 4. The van der Waals surface area contributed by atoms with Crippen LogP contribution in [0.3, 0.4) is 0 Å². The molecule has 0 fully saturated rings. The summed E-state index contributed by atoms with van der Waals surface area (Å²) in [6.07, 6.45) is 7.64. The summed E-state index contributed by atoms with van der Waals surface area (Å²) in [4.78, 5) is 12.2. The molecule has 2 aromatic heterocycles. The minimum absolute atomic E-state index is 0. The standard InChI is InChI=1S/C19H21N4O2.Y/c1-2-11-25-19(24)12-16-15-5-3-4-6-17(15)22-13-14(7-8-18(16)22)23-10-9-20-21-23;/h3-6,10,14H,2,7-8,11-13H2,1H3;/q-1;. The molecule has 6 nitrogen and oxygen atoms in total. The maximum Gasteiger partial charge on any atom is 0.310 e. The molecular formula is C19H21N4O2Y-. The fourth-order valence-corrected chi connectivity index (χ4v) is 3.72. The van der Waals surface area contributed by atoms with Crippen molar-refractivity contribution in [2.45, 2.75) is 45.2 Å². The number of esters is 1. The fraction of sp³-hybridized carbons (Fsp3) is 0.421. The average Bonchev–Trinajstić information content (AvgIpc) is 3.27. The molecule has 3 aromatic rings. The summed E-state index contributed by atoms with van der Waals surface area (Å²) in [5.41, 5.74) is 3.53. The van der Waals surface area contributed by atoms with Gasteiger partial charge >= 0.3 is 5.97 Å². The zero-order chi connectivity index (χ0) is 17.2. The summed E-state index contributed by atoms with van der Waals surface area (Å²) in [6, 6.07) is 8.56. The Bertz CT molecular complexity index is 888. The van der Waals surface area contributed by atoms with Crippen molar-refractivity contribution in [1.29, 1.82) is 0 Å². The van der Waals surface area contributed by atoms with E-state index in [9.17, 15) is 4.79 Å². The van der Waals surface area contributed by atoms with Gasteiger partial charge in [0.2, 0.25) is 0 Å². The van der Waals surface area contributed by atoms with Crippen molar-refractivity contribution in [2.75, 3.05) is 6.61 Å². The third kappa shape index (κ3) is 3.62.